The smallest absolute Gasteiger partial charge is 0.434 e. The van der Waals surface area contributed by atoms with Crippen LogP contribution >= 0.6 is 11.6 Å². The van der Waals surface area contributed by atoms with Crippen molar-refractivity contribution < 1.29 is 19.8 Å². The van der Waals surface area contributed by atoms with Gasteiger partial charge in [-0.1, -0.05) is 41.9 Å². The van der Waals surface area contributed by atoms with Gasteiger partial charge in [0.05, 0.1) is 34.8 Å². The number of benzene rings is 2. The van der Waals surface area contributed by atoms with Gasteiger partial charge in [-0.2, -0.15) is 0 Å². The summed E-state index contributed by atoms with van der Waals surface area (Å²) in [4.78, 5) is 29.1. The van der Waals surface area contributed by atoms with Gasteiger partial charge < -0.3 is 20.8 Å². The lowest BCUT2D eigenvalue weighted by Gasteiger charge is -2.42. The van der Waals surface area contributed by atoms with Crippen molar-refractivity contribution in [2.75, 3.05) is 11.9 Å². The van der Waals surface area contributed by atoms with Crippen LogP contribution in [0.5, 0.6) is 0 Å². The molecule has 1 atom stereocenters. The Morgan fingerprint density at radius 1 is 1.23 bits per heavy atom. The SMILES string of the molecule is C[C@@]1(c2cccc(Nc3ccccc3)c2Cl)CC(=O)N(CC2(O)CC2)C(=NC(=O)O)N1. The van der Waals surface area contributed by atoms with Crippen molar-refractivity contribution >= 4 is 40.9 Å². The number of anilines is 2. The fraction of sp³-hybridized carbons (Fsp3) is 0.318. The van der Waals surface area contributed by atoms with Gasteiger partial charge in [0.25, 0.3) is 0 Å². The molecule has 2 fully saturated rings. The summed E-state index contributed by atoms with van der Waals surface area (Å²) < 4.78 is 0. The maximum absolute atomic E-state index is 13.0. The number of rotatable bonds is 5. The van der Waals surface area contributed by atoms with Crippen LogP contribution in [0, 0.1) is 0 Å². The zero-order chi connectivity index (χ0) is 22.2. The highest BCUT2D eigenvalue weighted by Gasteiger charge is 2.48. The van der Waals surface area contributed by atoms with Crippen LogP contribution in [-0.2, 0) is 10.3 Å². The van der Waals surface area contributed by atoms with E-state index in [1.54, 1.807) is 13.0 Å². The van der Waals surface area contributed by atoms with E-state index in [1.807, 2.05) is 42.5 Å². The number of hydrogen-bond donors (Lipinski definition) is 4. The van der Waals surface area contributed by atoms with Crippen LogP contribution in [0.15, 0.2) is 53.5 Å². The first-order chi connectivity index (χ1) is 14.7. The van der Waals surface area contributed by atoms with E-state index >= 15 is 0 Å². The molecule has 0 radical (unpaired) electrons. The molecule has 2 aromatic carbocycles. The molecule has 0 bridgehead atoms. The van der Waals surface area contributed by atoms with E-state index in [4.69, 9.17) is 11.6 Å². The van der Waals surface area contributed by atoms with Gasteiger partial charge in [-0.15, -0.1) is 4.99 Å². The van der Waals surface area contributed by atoms with Crippen LogP contribution in [0.4, 0.5) is 16.2 Å². The summed E-state index contributed by atoms with van der Waals surface area (Å²) in [5, 5.41) is 26.3. The van der Waals surface area contributed by atoms with Gasteiger partial charge >= 0.3 is 6.09 Å². The average Bonchev–Trinajstić information content (AvgIpc) is 3.44. The van der Waals surface area contributed by atoms with Crippen LogP contribution in [0.25, 0.3) is 0 Å². The molecule has 1 saturated carbocycles. The molecule has 1 aliphatic carbocycles. The third-order valence-corrected chi connectivity index (χ3v) is 5.98. The Labute approximate surface area is 184 Å². The highest BCUT2D eigenvalue weighted by atomic mass is 35.5. The Hall–Kier alpha value is -3.10. The van der Waals surface area contributed by atoms with E-state index in [9.17, 15) is 19.8 Å². The molecular weight excluding hydrogens is 420 g/mol. The van der Waals surface area contributed by atoms with Gasteiger partial charge in [-0.05, 0) is 43.5 Å². The number of carboxylic acid groups (broad SMARTS) is 1. The zero-order valence-electron chi connectivity index (χ0n) is 16.9. The summed E-state index contributed by atoms with van der Waals surface area (Å²) in [5.74, 6) is -0.442. The normalized spacial score (nSPS) is 23.4. The summed E-state index contributed by atoms with van der Waals surface area (Å²) in [6, 6.07) is 15.0. The van der Waals surface area contributed by atoms with Crippen molar-refractivity contribution in [1.82, 2.24) is 10.2 Å². The maximum Gasteiger partial charge on any atom is 0.434 e. The number of amides is 2. The van der Waals surface area contributed by atoms with Crippen molar-refractivity contribution in [3.8, 4) is 0 Å². The second-order valence-corrected chi connectivity index (χ2v) is 8.59. The Balaban J connectivity index is 1.66. The Morgan fingerprint density at radius 2 is 1.94 bits per heavy atom. The molecule has 162 valence electrons. The van der Waals surface area contributed by atoms with E-state index in [2.05, 4.69) is 15.6 Å². The number of para-hydroxylation sites is 1. The molecule has 0 unspecified atom stereocenters. The summed E-state index contributed by atoms with van der Waals surface area (Å²) >= 11 is 6.71. The van der Waals surface area contributed by atoms with Gasteiger partial charge in [-0.3, -0.25) is 9.69 Å². The number of aliphatic imine (C=N–C) groups is 1. The van der Waals surface area contributed by atoms with Crippen molar-refractivity contribution in [1.29, 1.82) is 0 Å². The third kappa shape index (κ3) is 4.50. The largest absolute Gasteiger partial charge is 0.463 e. The van der Waals surface area contributed by atoms with E-state index in [-0.39, 0.29) is 24.8 Å². The van der Waals surface area contributed by atoms with E-state index < -0.39 is 17.2 Å². The highest BCUT2D eigenvalue weighted by molar-refractivity contribution is 6.34. The highest BCUT2D eigenvalue weighted by Crippen LogP contribution is 2.40. The monoisotopic (exact) mass is 442 g/mol. The van der Waals surface area contributed by atoms with Crippen molar-refractivity contribution in [2.24, 2.45) is 4.99 Å². The lowest BCUT2D eigenvalue weighted by molar-refractivity contribution is -0.132. The van der Waals surface area contributed by atoms with Crippen LogP contribution < -0.4 is 10.6 Å². The number of carbonyl (C=O) groups is 2. The first-order valence-electron chi connectivity index (χ1n) is 9.93. The van der Waals surface area contributed by atoms with Crippen molar-refractivity contribution in [2.45, 2.75) is 37.3 Å². The van der Waals surface area contributed by atoms with Gasteiger partial charge in [0, 0.05) is 5.69 Å². The predicted octanol–water partition coefficient (Wildman–Crippen LogP) is 3.68. The quantitative estimate of drug-likeness (QED) is 0.561. The fourth-order valence-corrected chi connectivity index (χ4v) is 4.09. The maximum atomic E-state index is 13.0. The minimum atomic E-state index is -1.43. The molecule has 1 aliphatic heterocycles. The van der Waals surface area contributed by atoms with Crippen molar-refractivity contribution in [3.63, 3.8) is 0 Å². The first-order valence-corrected chi connectivity index (χ1v) is 10.3. The van der Waals surface area contributed by atoms with Crippen LogP contribution in [0.2, 0.25) is 5.02 Å². The molecule has 2 amide bonds. The summed E-state index contributed by atoms with van der Waals surface area (Å²) in [5.41, 5.74) is 0.177. The summed E-state index contributed by atoms with van der Waals surface area (Å²) in [6.07, 6.45) is -0.283. The topological polar surface area (TPSA) is 114 Å². The van der Waals surface area contributed by atoms with Gasteiger partial charge in [-0.25, -0.2) is 4.79 Å². The zero-order valence-corrected chi connectivity index (χ0v) is 17.7. The molecular formula is C22H23ClN4O4. The van der Waals surface area contributed by atoms with E-state index in [0.29, 0.717) is 29.1 Å². The Kier molecular flexibility index (Phi) is 5.36. The minimum absolute atomic E-state index is 0.00433. The van der Waals surface area contributed by atoms with Gasteiger partial charge in [0.2, 0.25) is 11.9 Å². The van der Waals surface area contributed by atoms with E-state index in [1.165, 1.54) is 4.90 Å². The number of guanidine groups is 1. The minimum Gasteiger partial charge on any atom is -0.463 e. The van der Waals surface area contributed by atoms with E-state index in [0.717, 1.165) is 5.69 Å². The second-order valence-electron chi connectivity index (χ2n) is 8.21. The second kappa shape index (κ2) is 7.86. The van der Waals surface area contributed by atoms with Crippen LogP contribution in [0.3, 0.4) is 0 Å². The predicted molar refractivity (Wildman–Crippen MR) is 118 cm³/mol. The molecule has 2 aromatic rings. The molecule has 4 N–H and O–H groups in total. The Morgan fingerprint density at radius 3 is 2.58 bits per heavy atom. The number of β-amino-alcohol motifs (C(OH)–C–C–N with tert-alkyl or cyclic N) is 1. The first kappa shape index (κ1) is 21.1. The summed E-state index contributed by atoms with van der Waals surface area (Å²) in [6.45, 7) is 1.78. The Bertz CT molecular complexity index is 1050. The molecule has 4 rings (SSSR count). The molecule has 1 saturated heterocycles. The lowest BCUT2D eigenvalue weighted by Crippen LogP contribution is -2.61. The number of aliphatic hydroxyl groups is 1. The standard InChI is InChI=1S/C22H23ClN4O4/c1-21(15-8-5-9-16(18(15)23)24-14-6-3-2-4-7-14)12-17(28)27(13-22(31)10-11-22)19(26-21)25-20(29)30/h2-9,24,31H,10-13H2,1H3,(H,25,26)(H,29,30)/t21-/m0/s1. The number of nitrogens with one attached hydrogen (secondary N) is 2. The average molecular weight is 443 g/mol. The molecule has 31 heavy (non-hydrogen) atoms. The van der Waals surface area contributed by atoms with Crippen LogP contribution in [-0.4, -0.2) is 45.2 Å². The summed E-state index contributed by atoms with van der Waals surface area (Å²) in [7, 11) is 0. The van der Waals surface area contributed by atoms with Crippen molar-refractivity contribution in [3.05, 3.63) is 59.1 Å². The lowest BCUT2D eigenvalue weighted by atomic mass is 9.86. The number of carbonyl (C=O) groups excluding carboxylic acids is 1. The molecule has 1 heterocycles. The molecule has 0 aromatic heterocycles. The number of nitrogens with zero attached hydrogens (tertiary/aromatic N) is 2. The van der Waals surface area contributed by atoms with Crippen LogP contribution in [0.1, 0.15) is 31.7 Å². The molecule has 9 heteroatoms. The molecule has 8 nitrogen and oxygen atoms in total. The number of halogens is 1. The fourth-order valence-electron chi connectivity index (χ4n) is 3.71. The van der Waals surface area contributed by atoms with Gasteiger partial charge in [0.15, 0.2) is 0 Å². The molecule has 2 aliphatic rings. The number of hydrogen-bond acceptors (Lipinski definition) is 4. The van der Waals surface area contributed by atoms with Gasteiger partial charge in [0.1, 0.15) is 0 Å². The molecule has 0 spiro atoms. The third-order valence-electron chi connectivity index (χ3n) is 5.58.